The minimum absolute atomic E-state index is 0.0954. The number of hydrogen-bond donors (Lipinski definition) is 1. The van der Waals surface area contributed by atoms with Crippen molar-refractivity contribution in [2.75, 3.05) is 0 Å². The Morgan fingerprint density at radius 1 is 1.29 bits per heavy atom. The zero-order valence-electron chi connectivity index (χ0n) is 15.1. The topological polar surface area (TPSA) is 71.0 Å². The van der Waals surface area contributed by atoms with Crippen LogP contribution < -0.4 is 10.1 Å². The number of amidine groups is 1. The van der Waals surface area contributed by atoms with E-state index in [0.717, 1.165) is 5.56 Å². The Morgan fingerprint density at radius 2 is 2.04 bits per heavy atom. The molecule has 1 aliphatic heterocycles. The highest BCUT2D eigenvalue weighted by atomic mass is 79.9. The molecule has 9 heteroatoms. The van der Waals surface area contributed by atoms with Crippen molar-refractivity contribution in [2.45, 2.75) is 25.8 Å². The second-order valence-corrected chi connectivity index (χ2v) is 7.91. The van der Waals surface area contributed by atoms with Gasteiger partial charge in [0, 0.05) is 19.4 Å². The van der Waals surface area contributed by atoms with E-state index in [4.69, 9.17) is 4.74 Å². The molecule has 0 aromatic heterocycles. The standard InChI is InChI=1S/C19H17BrFN3O3S/c1-11(25)22-19-23-24(12(2)26)18(28-19)13-7-8-17(15(20)9-13)27-10-14-5-3-4-6-16(14)21/h3-9,18H,10H2,1-2H3,(H,22,23,25)/t18-/m0/s1. The van der Waals surface area contributed by atoms with Gasteiger partial charge in [-0.15, -0.1) is 5.10 Å². The summed E-state index contributed by atoms with van der Waals surface area (Å²) >= 11 is 4.73. The van der Waals surface area contributed by atoms with E-state index in [0.29, 0.717) is 21.0 Å². The number of carbonyl (C=O) groups is 2. The van der Waals surface area contributed by atoms with E-state index >= 15 is 0 Å². The van der Waals surface area contributed by atoms with Crippen LogP contribution in [-0.4, -0.2) is 22.0 Å². The van der Waals surface area contributed by atoms with Gasteiger partial charge < -0.3 is 10.1 Å². The first-order valence-corrected chi connectivity index (χ1v) is 10.0. The van der Waals surface area contributed by atoms with Crippen LogP contribution in [-0.2, 0) is 16.2 Å². The molecule has 0 fully saturated rings. The number of hydrogen-bond acceptors (Lipinski definition) is 5. The summed E-state index contributed by atoms with van der Waals surface area (Å²) in [5.74, 6) is -0.271. The summed E-state index contributed by atoms with van der Waals surface area (Å²) in [5, 5.41) is 8.05. The van der Waals surface area contributed by atoms with Gasteiger partial charge in [-0.3, -0.25) is 9.59 Å². The van der Waals surface area contributed by atoms with Crippen LogP contribution in [0.4, 0.5) is 4.39 Å². The van der Waals surface area contributed by atoms with Crippen molar-refractivity contribution >= 4 is 44.7 Å². The molecule has 0 aliphatic carbocycles. The SMILES string of the molecule is CC(=O)NC1=NN(C(C)=O)[C@H](c2ccc(OCc3ccccc3F)c(Br)c2)S1. The fraction of sp³-hybridized carbons (Fsp3) is 0.211. The molecule has 3 rings (SSSR count). The van der Waals surface area contributed by atoms with E-state index in [9.17, 15) is 14.0 Å². The van der Waals surface area contributed by atoms with E-state index in [1.807, 2.05) is 6.07 Å². The Morgan fingerprint density at radius 3 is 2.68 bits per heavy atom. The Hall–Kier alpha value is -2.39. The molecule has 0 saturated heterocycles. The van der Waals surface area contributed by atoms with Crippen molar-refractivity contribution < 1.29 is 18.7 Å². The highest BCUT2D eigenvalue weighted by molar-refractivity contribution is 9.10. The number of carbonyl (C=O) groups excluding carboxylic acids is 2. The maximum absolute atomic E-state index is 13.7. The molecule has 0 radical (unpaired) electrons. The molecule has 0 saturated carbocycles. The van der Waals surface area contributed by atoms with Gasteiger partial charge >= 0.3 is 0 Å². The molecule has 0 unspecified atom stereocenters. The molecular weight excluding hydrogens is 449 g/mol. The Bertz CT molecular complexity index is 954. The minimum Gasteiger partial charge on any atom is -0.488 e. The Kier molecular flexibility index (Phi) is 6.35. The third kappa shape index (κ3) is 4.71. The van der Waals surface area contributed by atoms with Crippen LogP contribution in [0.1, 0.15) is 30.3 Å². The van der Waals surface area contributed by atoms with Crippen molar-refractivity contribution in [3.63, 3.8) is 0 Å². The lowest BCUT2D eigenvalue weighted by molar-refractivity contribution is -0.129. The van der Waals surface area contributed by atoms with E-state index in [2.05, 4.69) is 26.3 Å². The lowest BCUT2D eigenvalue weighted by Gasteiger charge is -2.20. The predicted octanol–water partition coefficient (Wildman–Crippen LogP) is 4.17. The molecule has 6 nitrogen and oxygen atoms in total. The first-order chi connectivity index (χ1) is 13.3. The molecule has 1 heterocycles. The highest BCUT2D eigenvalue weighted by Crippen LogP contribution is 2.41. The number of benzene rings is 2. The van der Waals surface area contributed by atoms with Crippen molar-refractivity contribution in [1.82, 2.24) is 10.3 Å². The average Bonchev–Trinajstić information content (AvgIpc) is 3.05. The molecule has 2 aromatic rings. The number of amides is 2. The lowest BCUT2D eigenvalue weighted by Crippen LogP contribution is -2.25. The number of nitrogens with one attached hydrogen (secondary N) is 1. The van der Waals surface area contributed by atoms with Crippen molar-refractivity contribution in [2.24, 2.45) is 5.10 Å². The summed E-state index contributed by atoms with van der Waals surface area (Å²) in [6, 6.07) is 11.8. The summed E-state index contributed by atoms with van der Waals surface area (Å²) in [5.41, 5.74) is 1.26. The number of hydrazone groups is 1. The predicted molar refractivity (Wildman–Crippen MR) is 109 cm³/mol. The molecule has 0 spiro atoms. The van der Waals surface area contributed by atoms with Crippen LogP contribution >= 0.6 is 27.7 Å². The van der Waals surface area contributed by atoms with Crippen LogP contribution in [0, 0.1) is 5.82 Å². The number of ether oxygens (including phenoxy) is 1. The van der Waals surface area contributed by atoms with Gasteiger partial charge in [-0.1, -0.05) is 36.0 Å². The quantitative estimate of drug-likeness (QED) is 0.735. The van der Waals surface area contributed by atoms with Crippen molar-refractivity contribution in [3.8, 4) is 5.75 Å². The second kappa shape index (κ2) is 8.74. The maximum atomic E-state index is 13.7. The van der Waals surface area contributed by atoms with Crippen LogP contribution in [0.25, 0.3) is 0 Å². The number of halogens is 2. The number of thioether (sulfide) groups is 1. The van der Waals surface area contributed by atoms with Crippen molar-refractivity contribution in [1.29, 1.82) is 0 Å². The molecule has 1 N–H and O–H groups in total. The van der Waals surface area contributed by atoms with E-state index in [-0.39, 0.29) is 24.2 Å². The fourth-order valence-electron chi connectivity index (χ4n) is 2.54. The van der Waals surface area contributed by atoms with Crippen LogP contribution in [0.5, 0.6) is 5.75 Å². The van der Waals surface area contributed by atoms with Gasteiger partial charge in [0.05, 0.1) is 4.47 Å². The van der Waals surface area contributed by atoms with Crippen molar-refractivity contribution in [3.05, 3.63) is 63.9 Å². The van der Waals surface area contributed by atoms with Gasteiger partial charge in [-0.25, -0.2) is 9.40 Å². The number of nitrogens with zero attached hydrogens (tertiary/aromatic N) is 2. The summed E-state index contributed by atoms with van der Waals surface area (Å²) in [6.07, 6.45) is 0. The van der Waals surface area contributed by atoms with Gasteiger partial charge in [-0.2, -0.15) is 0 Å². The fourth-order valence-corrected chi connectivity index (χ4v) is 4.18. The molecule has 1 atom stereocenters. The van der Waals surface area contributed by atoms with Gasteiger partial charge in [0.25, 0.3) is 0 Å². The first-order valence-electron chi connectivity index (χ1n) is 8.33. The zero-order valence-corrected chi connectivity index (χ0v) is 17.5. The second-order valence-electron chi connectivity index (χ2n) is 5.99. The Balaban J connectivity index is 1.75. The lowest BCUT2D eigenvalue weighted by atomic mass is 10.2. The van der Waals surface area contributed by atoms with Crippen LogP contribution in [0.15, 0.2) is 52.0 Å². The molecule has 2 aromatic carbocycles. The van der Waals surface area contributed by atoms with E-state index < -0.39 is 5.37 Å². The highest BCUT2D eigenvalue weighted by Gasteiger charge is 2.32. The summed E-state index contributed by atoms with van der Waals surface area (Å²) in [7, 11) is 0. The number of rotatable bonds is 4. The largest absolute Gasteiger partial charge is 0.488 e. The zero-order chi connectivity index (χ0) is 20.3. The van der Waals surface area contributed by atoms with Crippen LogP contribution in [0.3, 0.4) is 0 Å². The van der Waals surface area contributed by atoms with Gasteiger partial charge in [0.2, 0.25) is 11.8 Å². The molecule has 1 aliphatic rings. The summed E-state index contributed by atoms with van der Waals surface area (Å²) in [4.78, 5) is 23.2. The van der Waals surface area contributed by atoms with E-state index in [1.165, 1.54) is 36.7 Å². The maximum Gasteiger partial charge on any atom is 0.241 e. The molecule has 146 valence electrons. The molecule has 0 bridgehead atoms. The first kappa shape index (κ1) is 20.3. The molecular formula is C19H17BrFN3O3S. The summed E-state index contributed by atoms with van der Waals surface area (Å²) in [6.45, 7) is 2.89. The minimum atomic E-state index is -0.406. The molecule has 2 amide bonds. The molecule has 28 heavy (non-hydrogen) atoms. The van der Waals surface area contributed by atoms with Crippen LogP contribution in [0.2, 0.25) is 0 Å². The Labute approximate surface area is 174 Å². The van der Waals surface area contributed by atoms with Gasteiger partial charge in [-0.05, 0) is 39.7 Å². The summed E-state index contributed by atoms with van der Waals surface area (Å²) < 4.78 is 20.1. The van der Waals surface area contributed by atoms with Gasteiger partial charge in [0.15, 0.2) is 5.17 Å². The van der Waals surface area contributed by atoms with Gasteiger partial charge in [0.1, 0.15) is 23.5 Å². The normalized spacial score (nSPS) is 15.9. The third-order valence-corrected chi connectivity index (χ3v) is 5.55. The smallest absolute Gasteiger partial charge is 0.241 e. The van der Waals surface area contributed by atoms with E-state index in [1.54, 1.807) is 30.3 Å². The average molecular weight is 466 g/mol. The monoisotopic (exact) mass is 465 g/mol. The third-order valence-electron chi connectivity index (χ3n) is 3.83.